The fraction of sp³-hybridized carbons (Fsp3) is 0.833. The normalized spacial score (nSPS) is 30.2. The number of fused-ring (bicyclic) bond motifs is 1. The van der Waals surface area contributed by atoms with Crippen molar-refractivity contribution in [2.24, 2.45) is 16.7 Å². The number of carboxylic acid groups (broad SMARTS) is 1. The first-order valence-electron chi connectivity index (χ1n) is 9.29. The molecule has 3 amide bonds. The summed E-state index contributed by atoms with van der Waals surface area (Å²) in [4.78, 5) is 40.2. The molecule has 1 heterocycles. The van der Waals surface area contributed by atoms with Crippen LogP contribution in [0.15, 0.2) is 0 Å². The van der Waals surface area contributed by atoms with Crippen molar-refractivity contribution in [3.05, 3.63) is 0 Å². The number of likely N-dealkylation sites (tertiary alicyclic amines) is 1. The van der Waals surface area contributed by atoms with Crippen LogP contribution in [0, 0.1) is 16.7 Å². The Kier molecular flexibility index (Phi) is 4.68. The molecule has 0 aromatic heterocycles. The Morgan fingerprint density at radius 1 is 1.16 bits per heavy atom. The topological polar surface area (TPSA) is 90.0 Å². The summed E-state index contributed by atoms with van der Waals surface area (Å²) in [5.74, 6) is -0.648. The van der Waals surface area contributed by atoms with Gasteiger partial charge in [-0.2, -0.15) is 0 Å². The molecule has 2 N–H and O–H groups in total. The van der Waals surface area contributed by atoms with Crippen LogP contribution in [-0.4, -0.2) is 66.5 Å². The third-order valence-electron chi connectivity index (χ3n) is 6.58. The van der Waals surface area contributed by atoms with Crippen molar-refractivity contribution in [2.45, 2.75) is 44.9 Å². The molecule has 0 radical (unpaired) electrons. The lowest BCUT2D eigenvalue weighted by atomic mass is 9.81. The van der Waals surface area contributed by atoms with Gasteiger partial charge in [0.25, 0.3) is 0 Å². The highest BCUT2D eigenvalue weighted by molar-refractivity contribution is 5.84. The molecule has 0 bridgehead atoms. The van der Waals surface area contributed by atoms with Crippen LogP contribution in [0.2, 0.25) is 0 Å². The van der Waals surface area contributed by atoms with E-state index in [2.05, 4.69) is 5.32 Å². The average Bonchev–Trinajstić information content (AvgIpc) is 3.26. The number of urea groups is 1. The molecule has 7 nitrogen and oxygen atoms in total. The standard InChI is InChI=1S/C18H29N3O4/c1-20(2)14(22)17(7-3-4-8-17)11-19-16(25)21-10-13-6-5-9-18(13,12-21)15(23)24/h13H,3-12H2,1-2H3,(H,19,25)(H,23,24)/t13-,18+/m0/s1. The molecule has 0 aromatic rings. The highest BCUT2D eigenvalue weighted by atomic mass is 16.4. The van der Waals surface area contributed by atoms with Crippen LogP contribution in [0.1, 0.15) is 44.9 Å². The summed E-state index contributed by atoms with van der Waals surface area (Å²) in [6.07, 6.45) is 6.05. The molecule has 3 aliphatic rings. The zero-order valence-corrected chi connectivity index (χ0v) is 15.2. The molecule has 0 unspecified atom stereocenters. The van der Waals surface area contributed by atoms with Crippen LogP contribution in [-0.2, 0) is 9.59 Å². The molecule has 7 heteroatoms. The van der Waals surface area contributed by atoms with Gasteiger partial charge in [-0.1, -0.05) is 19.3 Å². The van der Waals surface area contributed by atoms with Crippen molar-refractivity contribution < 1.29 is 19.5 Å². The van der Waals surface area contributed by atoms with E-state index in [1.54, 1.807) is 23.9 Å². The maximum Gasteiger partial charge on any atom is 0.317 e. The third-order valence-corrected chi connectivity index (χ3v) is 6.58. The Morgan fingerprint density at radius 2 is 1.84 bits per heavy atom. The number of hydrogen-bond donors (Lipinski definition) is 2. The Hall–Kier alpha value is -1.79. The Balaban J connectivity index is 1.63. The van der Waals surface area contributed by atoms with Gasteiger partial charge in [-0.05, 0) is 31.6 Å². The zero-order chi connectivity index (χ0) is 18.2. The number of nitrogens with zero attached hydrogens (tertiary/aromatic N) is 2. The van der Waals surface area contributed by atoms with E-state index < -0.39 is 16.8 Å². The molecule has 1 aliphatic heterocycles. The van der Waals surface area contributed by atoms with E-state index in [0.29, 0.717) is 19.5 Å². The number of carboxylic acids is 1. The van der Waals surface area contributed by atoms with Gasteiger partial charge >= 0.3 is 12.0 Å². The first kappa shape index (κ1) is 18.0. The summed E-state index contributed by atoms with van der Waals surface area (Å²) in [6, 6.07) is -0.229. The average molecular weight is 351 g/mol. The van der Waals surface area contributed by atoms with E-state index in [0.717, 1.165) is 38.5 Å². The van der Waals surface area contributed by atoms with Gasteiger partial charge in [-0.15, -0.1) is 0 Å². The SMILES string of the molecule is CN(C)C(=O)C1(CNC(=O)N2C[C@@H]3CCC[C@@]3(C(=O)O)C2)CCCC1. The van der Waals surface area contributed by atoms with Gasteiger partial charge in [0, 0.05) is 33.7 Å². The highest BCUT2D eigenvalue weighted by Gasteiger charge is 2.56. The van der Waals surface area contributed by atoms with Crippen molar-refractivity contribution in [1.82, 2.24) is 15.1 Å². The van der Waals surface area contributed by atoms with Gasteiger partial charge in [-0.3, -0.25) is 9.59 Å². The van der Waals surface area contributed by atoms with Crippen LogP contribution < -0.4 is 5.32 Å². The van der Waals surface area contributed by atoms with E-state index in [1.807, 2.05) is 0 Å². The number of carbonyl (C=O) groups is 3. The summed E-state index contributed by atoms with van der Waals surface area (Å²) >= 11 is 0. The van der Waals surface area contributed by atoms with Gasteiger partial charge in [0.15, 0.2) is 0 Å². The Labute approximate surface area is 148 Å². The van der Waals surface area contributed by atoms with Crippen molar-refractivity contribution in [2.75, 3.05) is 33.7 Å². The number of carbonyl (C=O) groups excluding carboxylic acids is 2. The lowest BCUT2D eigenvalue weighted by molar-refractivity contribution is -0.149. The first-order chi connectivity index (χ1) is 11.8. The molecule has 2 aliphatic carbocycles. The molecule has 2 atom stereocenters. The van der Waals surface area contributed by atoms with Crippen LogP contribution in [0.25, 0.3) is 0 Å². The minimum Gasteiger partial charge on any atom is -0.481 e. The van der Waals surface area contributed by atoms with E-state index >= 15 is 0 Å². The fourth-order valence-corrected chi connectivity index (χ4v) is 5.14. The second kappa shape index (κ2) is 6.50. The molecule has 2 saturated carbocycles. The smallest absolute Gasteiger partial charge is 0.317 e. The first-order valence-corrected chi connectivity index (χ1v) is 9.29. The lowest BCUT2D eigenvalue weighted by Crippen LogP contribution is -2.49. The van der Waals surface area contributed by atoms with E-state index in [4.69, 9.17) is 0 Å². The highest BCUT2D eigenvalue weighted by Crippen LogP contribution is 2.49. The molecule has 0 aromatic carbocycles. The zero-order valence-electron chi connectivity index (χ0n) is 15.2. The number of nitrogens with one attached hydrogen (secondary N) is 1. The molecule has 3 fully saturated rings. The predicted octanol–water partition coefficient (Wildman–Crippen LogP) is 1.53. The summed E-state index contributed by atoms with van der Waals surface area (Å²) in [5, 5.41) is 12.6. The Morgan fingerprint density at radius 3 is 2.40 bits per heavy atom. The summed E-state index contributed by atoms with van der Waals surface area (Å²) in [6.45, 7) is 1.13. The maximum atomic E-state index is 12.6. The fourth-order valence-electron chi connectivity index (χ4n) is 5.14. The Bertz CT molecular complexity index is 571. The molecule has 25 heavy (non-hydrogen) atoms. The quantitative estimate of drug-likeness (QED) is 0.804. The van der Waals surface area contributed by atoms with E-state index in [9.17, 15) is 19.5 Å². The van der Waals surface area contributed by atoms with Gasteiger partial charge in [-0.25, -0.2) is 4.79 Å². The second-order valence-corrected chi connectivity index (χ2v) is 8.28. The van der Waals surface area contributed by atoms with E-state index in [-0.39, 0.29) is 24.4 Å². The van der Waals surface area contributed by atoms with Crippen molar-refractivity contribution in [3.63, 3.8) is 0 Å². The maximum absolute atomic E-state index is 12.6. The van der Waals surface area contributed by atoms with E-state index in [1.165, 1.54) is 0 Å². The molecule has 0 spiro atoms. The number of hydrogen-bond acceptors (Lipinski definition) is 3. The third kappa shape index (κ3) is 2.98. The number of amides is 3. The van der Waals surface area contributed by atoms with Crippen molar-refractivity contribution in [1.29, 1.82) is 0 Å². The number of aliphatic carboxylic acids is 1. The monoisotopic (exact) mass is 351 g/mol. The predicted molar refractivity (Wildman–Crippen MR) is 92.0 cm³/mol. The summed E-state index contributed by atoms with van der Waals surface area (Å²) in [5.41, 5.74) is -1.26. The second-order valence-electron chi connectivity index (χ2n) is 8.28. The van der Waals surface area contributed by atoms with Gasteiger partial charge in [0.05, 0.1) is 10.8 Å². The molecule has 1 saturated heterocycles. The van der Waals surface area contributed by atoms with Gasteiger partial charge < -0.3 is 20.2 Å². The number of rotatable bonds is 4. The van der Waals surface area contributed by atoms with Crippen LogP contribution in [0.4, 0.5) is 4.79 Å². The minimum atomic E-state index is -0.777. The van der Waals surface area contributed by atoms with Crippen LogP contribution in [0.3, 0.4) is 0 Å². The largest absolute Gasteiger partial charge is 0.481 e. The lowest BCUT2D eigenvalue weighted by Gasteiger charge is -2.31. The summed E-state index contributed by atoms with van der Waals surface area (Å²) < 4.78 is 0. The molecular formula is C18H29N3O4. The van der Waals surface area contributed by atoms with Crippen LogP contribution in [0.5, 0.6) is 0 Å². The summed E-state index contributed by atoms with van der Waals surface area (Å²) in [7, 11) is 3.50. The minimum absolute atomic E-state index is 0.0552. The van der Waals surface area contributed by atoms with Gasteiger partial charge in [0.1, 0.15) is 0 Å². The van der Waals surface area contributed by atoms with Crippen molar-refractivity contribution >= 4 is 17.9 Å². The van der Waals surface area contributed by atoms with Crippen LogP contribution >= 0.6 is 0 Å². The van der Waals surface area contributed by atoms with Crippen molar-refractivity contribution in [3.8, 4) is 0 Å². The molecule has 3 rings (SSSR count). The molecule has 140 valence electrons. The van der Waals surface area contributed by atoms with Gasteiger partial charge in [0.2, 0.25) is 5.91 Å². The molecular weight excluding hydrogens is 322 g/mol.